The van der Waals surface area contributed by atoms with Gasteiger partial charge in [-0.2, -0.15) is 0 Å². The number of piperidine rings is 1. The summed E-state index contributed by atoms with van der Waals surface area (Å²) in [5, 5.41) is 3.05. The molecule has 1 fully saturated rings. The molecule has 5 rings (SSSR count). The molecule has 1 heterocycles. The first-order valence-electron chi connectivity index (χ1n) is 14.1. The van der Waals surface area contributed by atoms with Crippen molar-refractivity contribution in [2.75, 3.05) is 25.0 Å². The van der Waals surface area contributed by atoms with Crippen molar-refractivity contribution in [1.82, 2.24) is 4.90 Å². The molecule has 1 atom stereocenters. The minimum Gasteiger partial charge on any atom is -0.486 e. The van der Waals surface area contributed by atoms with Gasteiger partial charge in [0.05, 0.1) is 0 Å². The molecule has 0 bridgehead atoms. The first-order chi connectivity index (χ1) is 18.4. The molecule has 3 aromatic carbocycles. The van der Waals surface area contributed by atoms with Gasteiger partial charge >= 0.3 is 0 Å². The summed E-state index contributed by atoms with van der Waals surface area (Å²) in [6.45, 7) is 7.04. The van der Waals surface area contributed by atoms with E-state index in [1.54, 1.807) is 0 Å². The lowest BCUT2D eigenvalue weighted by Crippen LogP contribution is -2.34. The predicted octanol–water partition coefficient (Wildman–Crippen LogP) is 7.92. The highest BCUT2D eigenvalue weighted by Gasteiger charge is 2.24. The van der Waals surface area contributed by atoms with Crippen molar-refractivity contribution in [3.63, 3.8) is 0 Å². The van der Waals surface area contributed by atoms with Gasteiger partial charge in [-0.25, -0.2) is 0 Å². The lowest BCUT2D eigenvalue weighted by molar-refractivity contribution is -0.118. The van der Waals surface area contributed by atoms with Crippen LogP contribution in [0.25, 0.3) is 0 Å². The maximum Gasteiger partial charge on any atom is 0.226 e. The van der Waals surface area contributed by atoms with E-state index in [0.717, 1.165) is 54.8 Å². The van der Waals surface area contributed by atoms with Gasteiger partial charge in [-0.15, -0.1) is 0 Å². The predicted molar refractivity (Wildman–Crippen MR) is 159 cm³/mol. The molecule has 0 spiro atoms. The van der Waals surface area contributed by atoms with Crippen molar-refractivity contribution in [3.05, 3.63) is 93.5 Å². The quantitative estimate of drug-likeness (QED) is 0.282. The molecular weight excluding hydrogens is 536 g/mol. The number of ether oxygens (including phenoxy) is 1. The van der Waals surface area contributed by atoms with Crippen LogP contribution in [0.15, 0.2) is 71.2 Å². The van der Waals surface area contributed by atoms with E-state index in [4.69, 9.17) is 4.74 Å². The summed E-state index contributed by atoms with van der Waals surface area (Å²) in [4.78, 5) is 14.7. The molecule has 2 aliphatic rings. The zero-order chi connectivity index (χ0) is 26.5. The summed E-state index contributed by atoms with van der Waals surface area (Å²) in [7, 11) is 0. The van der Waals surface area contributed by atoms with Crippen molar-refractivity contribution in [1.29, 1.82) is 0 Å². The van der Waals surface area contributed by atoms with E-state index in [1.165, 1.54) is 41.5 Å². The number of nitrogens with one attached hydrogen (secondary N) is 1. The average Bonchev–Trinajstić information content (AvgIpc) is 3.40. The first kappa shape index (κ1) is 27.0. The average molecular weight is 576 g/mol. The zero-order valence-corrected chi connectivity index (χ0v) is 24.2. The van der Waals surface area contributed by atoms with Crippen LogP contribution in [0.4, 0.5) is 5.69 Å². The number of likely N-dealkylation sites (tertiary alicyclic amines) is 1. The highest BCUT2D eigenvalue weighted by Crippen LogP contribution is 2.33. The Bertz CT molecular complexity index is 1230. The van der Waals surface area contributed by atoms with Gasteiger partial charge in [-0.1, -0.05) is 60.1 Å². The third-order valence-electron chi connectivity index (χ3n) is 8.03. The summed E-state index contributed by atoms with van der Waals surface area (Å²) < 4.78 is 7.64. The van der Waals surface area contributed by atoms with Gasteiger partial charge in [0.1, 0.15) is 11.9 Å². The molecule has 1 saturated heterocycles. The monoisotopic (exact) mass is 574 g/mol. The minimum atomic E-state index is -0.0183. The molecule has 200 valence electrons. The van der Waals surface area contributed by atoms with E-state index in [-0.39, 0.29) is 17.9 Å². The normalized spacial score (nSPS) is 16.8. The van der Waals surface area contributed by atoms with Gasteiger partial charge < -0.3 is 15.0 Å². The molecule has 1 unspecified atom stereocenters. The second kappa shape index (κ2) is 12.5. The van der Waals surface area contributed by atoms with E-state index in [2.05, 4.69) is 62.5 Å². The summed E-state index contributed by atoms with van der Waals surface area (Å²) in [6.07, 6.45) is 6.94. The molecule has 1 aliphatic carbocycles. The van der Waals surface area contributed by atoms with E-state index >= 15 is 0 Å². The molecule has 4 nitrogen and oxygen atoms in total. The van der Waals surface area contributed by atoms with Crippen molar-refractivity contribution < 1.29 is 9.53 Å². The van der Waals surface area contributed by atoms with Crippen LogP contribution < -0.4 is 10.1 Å². The van der Waals surface area contributed by atoms with Gasteiger partial charge in [0.25, 0.3) is 0 Å². The number of amides is 1. The first-order valence-corrected chi connectivity index (χ1v) is 14.9. The number of fused-ring (bicyclic) bond motifs is 1. The molecule has 38 heavy (non-hydrogen) atoms. The summed E-state index contributed by atoms with van der Waals surface area (Å²) in [5.74, 6) is 1.51. The maximum absolute atomic E-state index is 12.1. The van der Waals surface area contributed by atoms with Crippen LogP contribution in [-0.4, -0.2) is 30.4 Å². The van der Waals surface area contributed by atoms with Crippen molar-refractivity contribution >= 4 is 27.5 Å². The van der Waals surface area contributed by atoms with Crippen LogP contribution in [0.1, 0.15) is 73.8 Å². The summed E-state index contributed by atoms with van der Waals surface area (Å²) in [5.41, 5.74) is 6.54. The van der Waals surface area contributed by atoms with Crippen molar-refractivity contribution in [2.24, 2.45) is 5.92 Å². The highest BCUT2D eigenvalue weighted by molar-refractivity contribution is 9.10. The molecule has 0 aromatic heterocycles. The summed E-state index contributed by atoms with van der Waals surface area (Å²) >= 11 is 3.53. The van der Waals surface area contributed by atoms with Crippen LogP contribution in [0.3, 0.4) is 0 Å². The Morgan fingerprint density at radius 1 is 1.00 bits per heavy atom. The van der Waals surface area contributed by atoms with Gasteiger partial charge in [0, 0.05) is 29.0 Å². The van der Waals surface area contributed by atoms with Gasteiger partial charge in [-0.3, -0.25) is 4.79 Å². The Morgan fingerprint density at radius 2 is 1.76 bits per heavy atom. The number of hydrogen-bond acceptors (Lipinski definition) is 3. The Morgan fingerprint density at radius 3 is 2.53 bits per heavy atom. The second-order valence-electron chi connectivity index (χ2n) is 11.1. The highest BCUT2D eigenvalue weighted by atomic mass is 79.9. The fourth-order valence-corrected chi connectivity index (χ4v) is 5.97. The van der Waals surface area contributed by atoms with Crippen molar-refractivity contribution in [3.8, 4) is 5.75 Å². The molecule has 5 heteroatoms. The Balaban J connectivity index is 1.20. The minimum absolute atomic E-state index is 0.0183. The Kier molecular flexibility index (Phi) is 8.86. The molecular formula is C33H39BrN2O2. The molecule has 1 aliphatic heterocycles. The number of nitrogens with zero attached hydrogens (tertiary/aromatic N) is 1. The lowest BCUT2D eigenvalue weighted by Gasteiger charge is -2.33. The van der Waals surface area contributed by atoms with Crippen LogP contribution in [0.5, 0.6) is 5.75 Å². The second-order valence-corrected chi connectivity index (χ2v) is 12.0. The number of hydrogen-bond donors (Lipinski definition) is 1. The smallest absolute Gasteiger partial charge is 0.226 e. The van der Waals surface area contributed by atoms with E-state index in [9.17, 15) is 4.79 Å². The largest absolute Gasteiger partial charge is 0.486 e. The lowest BCUT2D eigenvalue weighted by atomic mass is 9.89. The third-order valence-corrected chi connectivity index (χ3v) is 8.56. The van der Waals surface area contributed by atoms with Gasteiger partial charge in [0.15, 0.2) is 0 Å². The number of aryl methyl sites for hydroxylation is 2. The Labute approximate surface area is 235 Å². The topological polar surface area (TPSA) is 41.6 Å². The van der Waals surface area contributed by atoms with Crippen LogP contribution >= 0.6 is 15.9 Å². The van der Waals surface area contributed by atoms with E-state index in [0.29, 0.717) is 5.92 Å². The van der Waals surface area contributed by atoms with E-state index < -0.39 is 0 Å². The molecule has 1 N–H and O–H groups in total. The number of halogens is 1. The van der Waals surface area contributed by atoms with Crippen molar-refractivity contribution in [2.45, 2.75) is 64.4 Å². The molecule has 0 radical (unpaired) electrons. The van der Waals surface area contributed by atoms with Crippen LogP contribution in [-0.2, 0) is 17.6 Å². The third kappa shape index (κ3) is 6.86. The van der Waals surface area contributed by atoms with Crippen LogP contribution in [0.2, 0.25) is 0 Å². The SMILES string of the molecule is CC(C)C(=O)Nc1cccc(C2CCN(CCC(Oc3ccc(Br)cc3)c3ccc4c(c3)CCC4)CC2)c1. The fraction of sp³-hybridized carbons (Fsp3) is 0.424. The maximum atomic E-state index is 12.1. The number of carbonyl (C=O) groups is 1. The van der Waals surface area contributed by atoms with Gasteiger partial charge in [-0.05, 0) is 110 Å². The van der Waals surface area contributed by atoms with Gasteiger partial charge in [0.2, 0.25) is 5.91 Å². The number of rotatable bonds is 9. The summed E-state index contributed by atoms with van der Waals surface area (Å²) in [6, 6.07) is 23.6. The number of carbonyl (C=O) groups excluding carboxylic acids is 1. The molecule has 3 aromatic rings. The standard InChI is InChI=1S/C33H39BrN2O2/c1-23(2)33(37)35-30-8-4-7-27(22-30)25-15-18-36(19-16-25)20-17-32(38-31-13-11-29(34)12-14-31)28-10-9-24-5-3-6-26(24)21-28/h4,7-14,21-23,25,32H,3,5-6,15-20H2,1-2H3,(H,35,37). The number of anilines is 1. The molecule has 0 saturated carbocycles. The number of benzene rings is 3. The van der Waals surface area contributed by atoms with E-state index in [1.807, 2.05) is 44.2 Å². The fourth-order valence-electron chi connectivity index (χ4n) is 5.71. The van der Waals surface area contributed by atoms with Crippen LogP contribution in [0, 0.1) is 5.92 Å². The molecule has 1 amide bonds. The Hall–Kier alpha value is -2.63. The zero-order valence-electron chi connectivity index (χ0n) is 22.6.